The number of sulfone groups is 1. The van der Waals surface area contributed by atoms with Gasteiger partial charge in [-0.3, -0.25) is 4.79 Å². The fourth-order valence-corrected chi connectivity index (χ4v) is 8.57. The molecular formula is C26H27ClF2N2O8S. The minimum absolute atomic E-state index is 0.0321. The summed E-state index contributed by atoms with van der Waals surface area (Å²) in [5.74, 6) is -4.38. The van der Waals surface area contributed by atoms with Crippen LogP contribution in [0.1, 0.15) is 36.0 Å². The molecule has 3 fully saturated rings. The topological polar surface area (TPSA) is 162 Å². The maximum absolute atomic E-state index is 13.7. The molecular weight excluding hydrogens is 574 g/mol. The van der Waals surface area contributed by atoms with Crippen LogP contribution < -0.4 is 10.6 Å². The number of benzene rings is 2. The van der Waals surface area contributed by atoms with Crippen molar-refractivity contribution in [1.29, 1.82) is 0 Å². The fourth-order valence-electron chi connectivity index (χ4n) is 6.17. The summed E-state index contributed by atoms with van der Waals surface area (Å²) in [5, 5.41) is 36.8. The van der Waals surface area contributed by atoms with Gasteiger partial charge in [-0.25, -0.2) is 22.0 Å². The van der Waals surface area contributed by atoms with Crippen molar-refractivity contribution in [2.45, 2.75) is 59.7 Å². The average molecular weight is 601 g/mol. The smallest absolute Gasteiger partial charge is 0.407 e. The van der Waals surface area contributed by atoms with Crippen molar-refractivity contribution in [2.24, 2.45) is 11.8 Å². The Balaban J connectivity index is 1.35. The van der Waals surface area contributed by atoms with Gasteiger partial charge < -0.3 is 30.7 Å². The van der Waals surface area contributed by atoms with Crippen LogP contribution in [0.2, 0.25) is 5.02 Å². The van der Waals surface area contributed by atoms with E-state index in [4.69, 9.17) is 16.3 Å². The molecule has 5 rings (SSSR count). The van der Waals surface area contributed by atoms with Crippen molar-refractivity contribution in [3.63, 3.8) is 0 Å². The number of hydrogen-bond acceptors (Lipinski definition) is 8. The molecule has 3 aliphatic rings. The van der Waals surface area contributed by atoms with Crippen LogP contribution >= 0.6 is 11.6 Å². The molecule has 2 amide bonds. The van der Waals surface area contributed by atoms with Gasteiger partial charge in [-0.05, 0) is 67.9 Å². The molecule has 1 heterocycles. The lowest BCUT2D eigenvalue weighted by Gasteiger charge is -2.46. The summed E-state index contributed by atoms with van der Waals surface area (Å²) >= 11 is 6.25. The monoisotopic (exact) mass is 600 g/mol. The molecule has 2 saturated carbocycles. The van der Waals surface area contributed by atoms with Gasteiger partial charge in [0.1, 0.15) is 18.3 Å². The fraction of sp³-hybridized carbons (Fsp3) is 0.462. The highest BCUT2D eigenvalue weighted by Crippen LogP contribution is 2.54. The maximum Gasteiger partial charge on any atom is 0.407 e. The number of ether oxygens (including phenoxy) is 1. The molecule has 216 valence electrons. The number of halogens is 3. The van der Waals surface area contributed by atoms with Gasteiger partial charge in [-0.2, -0.15) is 0 Å². The number of cyclic esters (lactones) is 1. The van der Waals surface area contributed by atoms with Gasteiger partial charge in [0.05, 0.1) is 27.3 Å². The standard InChI is InChI=1S/C26H27ClF2N2O8S/c27-17-5-1-12(24(34)31-15-4-6-18(28)19(29)10-15)7-21(17)40(37,38)16-8-13-2-3-14(9-16)26(13,36)23(33)22(32)20-11-30-25(35)39-20/h1,4-7,10,13-14,16,20,22-23,32-33,36H,2-3,8-9,11H2,(H,30,35)(H,31,34)/t13-,14?,16-,20?,22-,23+,26-/m0/s1. The molecule has 40 heavy (non-hydrogen) atoms. The van der Waals surface area contributed by atoms with E-state index in [1.54, 1.807) is 0 Å². The SMILES string of the molecule is O=C1NCC([C@H](O)[C@@H](O)[C@@]2(O)C3CC[C@H]2C[C@H](S(=O)(=O)c2cc(C(=O)Nc4ccc(F)c(F)c4)ccc2Cl)C3)O1. The maximum atomic E-state index is 13.7. The summed E-state index contributed by atoms with van der Waals surface area (Å²) < 4.78 is 59.2. The lowest BCUT2D eigenvalue weighted by atomic mass is 9.69. The number of hydrogen-bond donors (Lipinski definition) is 5. The highest BCUT2D eigenvalue weighted by Gasteiger charge is 2.61. The van der Waals surface area contributed by atoms with E-state index in [2.05, 4.69) is 10.6 Å². The van der Waals surface area contributed by atoms with E-state index >= 15 is 0 Å². The summed E-state index contributed by atoms with van der Waals surface area (Å²) in [6.45, 7) is -0.0437. The summed E-state index contributed by atoms with van der Waals surface area (Å²) in [7, 11) is -4.13. The Morgan fingerprint density at radius 3 is 2.38 bits per heavy atom. The molecule has 14 heteroatoms. The number of aliphatic hydroxyl groups is 3. The zero-order chi connectivity index (χ0) is 29.0. The lowest BCUT2D eigenvalue weighted by Crippen LogP contribution is -2.61. The molecule has 2 aromatic carbocycles. The number of carbonyl (C=O) groups is 2. The first-order valence-corrected chi connectivity index (χ1v) is 14.6. The van der Waals surface area contributed by atoms with Crippen molar-refractivity contribution in [2.75, 3.05) is 11.9 Å². The predicted octanol–water partition coefficient (Wildman–Crippen LogP) is 2.39. The van der Waals surface area contributed by atoms with Crippen LogP contribution in [-0.2, 0) is 14.6 Å². The summed E-state index contributed by atoms with van der Waals surface area (Å²) in [6.07, 6.45) is -4.34. The molecule has 0 radical (unpaired) electrons. The molecule has 7 atom stereocenters. The van der Waals surface area contributed by atoms with Crippen molar-refractivity contribution in [3.05, 3.63) is 58.6 Å². The highest BCUT2D eigenvalue weighted by atomic mass is 35.5. The van der Waals surface area contributed by atoms with Gasteiger partial charge in [0, 0.05) is 17.3 Å². The number of nitrogens with one attached hydrogen (secondary N) is 2. The second kappa shape index (κ2) is 10.5. The van der Waals surface area contributed by atoms with E-state index < -0.39 is 74.5 Å². The Morgan fingerprint density at radius 2 is 1.77 bits per heavy atom. The lowest BCUT2D eigenvalue weighted by molar-refractivity contribution is -0.189. The van der Waals surface area contributed by atoms with Gasteiger partial charge in [-0.1, -0.05) is 11.6 Å². The summed E-state index contributed by atoms with van der Waals surface area (Å²) in [6, 6.07) is 6.44. The Kier molecular flexibility index (Phi) is 7.55. The molecule has 10 nitrogen and oxygen atoms in total. The normalized spacial score (nSPS) is 29.4. The molecule has 5 N–H and O–H groups in total. The molecule has 2 unspecified atom stereocenters. The predicted molar refractivity (Wildman–Crippen MR) is 137 cm³/mol. The summed E-state index contributed by atoms with van der Waals surface area (Å²) in [5.41, 5.74) is -1.91. The third-order valence-corrected chi connectivity index (χ3v) is 10.9. The molecule has 0 aromatic heterocycles. The molecule has 2 aliphatic carbocycles. The minimum atomic E-state index is -4.13. The highest BCUT2D eigenvalue weighted by molar-refractivity contribution is 7.92. The molecule has 1 saturated heterocycles. The zero-order valence-corrected chi connectivity index (χ0v) is 22.5. The van der Waals surface area contributed by atoms with Crippen LogP contribution in [-0.4, -0.2) is 71.4 Å². The van der Waals surface area contributed by atoms with Gasteiger partial charge in [-0.15, -0.1) is 0 Å². The van der Waals surface area contributed by atoms with Gasteiger partial charge in [0.15, 0.2) is 21.5 Å². The van der Waals surface area contributed by atoms with Crippen LogP contribution in [0.25, 0.3) is 0 Å². The first-order valence-electron chi connectivity index (χ1n) is 12.6. The second-order valence-corrected chi connectivity index (χ2v) is 13.1. The third kappa shape index (κ3) is 4.94. The average Bonchev–Trinajstić information content (AvgIpc) is 3.39. The van der Waals surface area contributed by atoms with Gasteiger partial charge in [0.25, 0.3) is 5.91 Å². The van der Waals surface area contributed by atoms with E-state index in [9.17, 15) is 42.1 Å². The Morgan fingerprint density at radius 1 is 1.10 bits per heavy atom. The van der Waals surface area contributed by atoms with Crippen LogP contribution in [0, 0.1) is 23.5 Å². The van der Waals surface area contributed by atoms with Crippen molar-refractivity contribution >= 4 is 39.1 Å². The van der Waals surface area contributed by atoms with Gasteiger partial charge in [0.2, 0.25) is 0 Å². The molecule has 1 aliphatic heterocycles. The number of carbonyl (C=O) groups excluding carboxylic acids is 2. The van der Waals surface area contributed by atoms with Crippen molar-refractivity contribution in [1.82, 2.24) is 5.32 Å². The largest absolute Gasteiger partial charge is 0.441 e. The van der Waals surface area contributed by atoms with Crippen LogP contribution in [0.15, 0.2) is 41.3 Å². The first kappa shape index (κ1) is 28.7. The third-order valence-electron chi connectivity index (χ3n) is 8.27. The quantitative estimate of drug-likeness (QED) is 0.324. The van der Waals surface area contributed by atoms with E-state index in [-0.39, 0.29) is 40.6 Å². The van der Waals surface area contributed by atoms with E-state index in [0.717, 1.165) is 24.3 Å². The number of amides is 2. The Bertz CT molecular complexity index is 1440. The van der Waals surface area contributed by atoms with Crippen LogP contribution in [0.5, 0.6) is 0 Å². The van der Waals surface area contributed by atoms with Crippen LogP contribution in [0.4, 0.5) is 19.3 Å². The second-order valence-electron chi connectivity index (χ2n) is 10.5. The van der Waals surface area contributed by atoms with Gasteiger partial charge >= 0.3 is 6.09 Å². The van der Waals surface area contributed by atoms with E-state index in [1.165, 1.54) is 12.1 Å². The number of aliphatic hydroxyl groups excluding tert-OH is 2. The number of anilines is 1. The summed E-state index contributed by atoms with van der Waals surface area (Å²) in [4.78, 5) is 23.8. The number of fused-ring (bicyclic) bond motifs is 2. The number of rotatable bonds is 7. The van der Waals surface area contributed by atoms with E-state index in [1.807, 2.05) is 0 Å². The molecule has 0 spiro atoms. The van der Waals surface area contributed by atoms with Crippen molar-refractivity contribution in [3.8, 4) is 0 Å². The van der Waals surface area contributed by atoms with Crippen LogP contribution in [0.3, 0.4) is 0 Å². The number of alkyl carbamates (subject to hydrolysis) is 1. The first-order chi connectivity index (χ1) is 18.8. The Hall–Kier alpha value is -2.84. The molecule has 2 bridgehead atoms. The minimum Gasteiger partial charge on any atom is -0.441 e. The molecule has 2 aromatic rings. The zero-order valence-electron chi connectivity index (χ0n) is 20.9. The van der Waals surface area contributed by atoms with Crippen molar-refractivity contribution < 1.29 is 46.8 Å². The van der Waals surface area contributed by atoms with E-state index in [0.29, 0.717) is 12.8 Å². The Labute approximate surface area is 233 Å².